The SMILES string of the molecule is O=C(C1CCN(S(=O)(=O)c2ccc(F)cc2)CC1)N(Cc1ccccc1)c1nc2ccc(Br)cc2s1. The summed E-state index contributed by atoms with van der Waals surface area (Å²) < 4.78 is 42.5. The summed E-state index contributed by atoms with van der Waals surface area (Å²) in [5.41, 5.74) is 1.81. The highest BCUT2D eigenvalue weighted by Crippen LogP contribution is 2.34. The molecule has 0 bridgehead atoms. The van der Waals surface area contributed by atoms with Gasteiger partial charge in [0.05, 0.1) is 21.7 Å². The standard InChI is InChI=1S/C26H23BrFN3O3S2/c27-20-6-11-23-24(16-20)35-26(29-23)31(17-18-4-2-1-3-5-18)25(32)19-12-14-30(15-13-19)36(33,34)22-9-7-21(28)8-10-22/h1-11,16,19H,12-15,17H2. The Morgan fingerprint density at radius 2 is 1.75 bits per heavy atom. The van der Waals surface area contributed by atoms with E-state index < -0.39 is 15.8 Å². The van der Waals surface area contributed by atoms with Crippen LogP contribution in [0.1, 0.15) is 18.4 Å². The monoisotopic (exact) mass is 587 g/mol. The van der Waals surface area contributed by atoms with Crippen LogP contribution in [0.2, 0.25) is 0 Å². The van der Waals surface area contributed by atoms with E-state index in [1.807, 2.05) is 48.5 Å². The highest BCUT2D eigenvalue weighted by molar-refractivity contribution is 9.10. The second kappa shape index (κ2) is 10.4. The lowest BCUT2D eigenvalue weighted by Gasteiger charge is -2.33. The third kappa shape index (κ3) is 5.22. The van der Waals surface area contributed by atoms with Crippen LogP contribution in [0.15, 0.2) is 82.2 Å². The Morgan fingerprint density at radius 1 is 1.06 bits per heavy atom. The van der Waals surface area contributed by atoms with Gasteiger partial charge in [0.1, 0.15) is 5.82 Å². The molecule has 3 aromatic carbocycles. The zero-order valence-electron chi connectivity index (χ0n) is 19.2. The summed E-state index contributed by atoms with van der Waals surface area (Å²) in [6.45, 7) is 0.832. The topological polar surface area (TPSA) is 70.6 Å². The molecule has 186 valence electrons. The van der Waals surface area contributed by atoms with Crippen LogP contribution in [0, 0.1) is 11.7 Å². The number of thiazole rings is 1. The van der Waals surface area contributed by atoms with Gasteiger partial charge >= 0.3 is 0 Å². The van der Waals surface area contributed by atoms with Gasteiger partial charge in [0.15, 0.2) is 5.13 Å². The summed E-state index contributed by atoms with van der Waals surface area (Å²) in [6.07, 6.45) is 0.808. The molecule has 1 fully saturated rings. The Balaban J connectivity index is 1.37. The molecule has 0 saturated carbocycles. The number of hydrogen-bond acceptors (Lipinski definition) is 5. The lowest BCUT2D eigenvalue weighted by atomic mass is 9.96. The van der Waals surface area contributed by atoms with Gasteiger partial charge in [-0.15, -0.1) is 0 Å². The molecule has 4 aromatic rings. The van der Waals surface area contributed by atoms with E-state index in [2.05, 4.69) is 15.9 Å². The summed E-state index contributed by atoms with van der Waals surface area (Å²) in [7, 11) is -3.74. The minimum atomic E-state index is -3.74. The first-order chi connectivity index (χ1) is 17.3. The molecule has 10 heteroatoms. The van der Waals surface area contributed by atoms with Crippen LogP contribution < -0.4 is 4.90 Å². The summed E-state index contributed by atoms with van der Waals surface area (Å²) in [6, 6.07) is 20.4. The maximum absolute atomic E-state index is 13.8. The maximum Gasteiger partial charge on any atom is 0.243 e. The molecule has 1 aliphatic rings. The molecule has 6 nitrogen and oxygen atoms in total. The molecule has 1 amide bonds. The van der Waals surface area contributed by atoms with E-state index >= 15 is 0 Å². The lowest BCUT2D eigenvalue weighted by molar-refractivity contribution is -0.123. The first-order valence-electron chi connectivity index (χ1n) is 11.5. The Kier molecular flexibility index (Phi) is 7.21. The molecule has 0 N–H and O–H groups in total. The number of fused-ring (bicyclic) bond motifs is 1. The smallest absolute Gasteiger partial charge is 0.243 e. The predicted molar refractivity (Wildman–Crippen MR) is 143 cm³/mol. The van der Waals surface area contributed by atoms with E-state index in [9.17, 15) is 17.6 Å². The van der Waals surface area contributed by atoms with Crippen LogP contribution >= 0.6 is 27.3 Å². The maximum atomic E-state index is 13.8. The molecule has 0 unspecified atom stereocenters. The number of halogens is 2. The second-order valence-electron chi connectivity index (χ2n) is 8.65. The van der Waals surface area contributed by atoms with Crippen LogP contribution in [0.3, 0.4) is 0 Å². The van der Waals surface area contributed by atoms with Gasteiger partial charge in [0.25, 0.3) is 0 Å². The summed E-state index contributed by atoms with van der Waals surface area (Å²) in [4.78, 5) is 20.3. The van der Waals surface area contributed by atoms with Crippen molar-refractivity contribution in [3.8, 4) is 0 Å². The second-order valence-corrected chi connectivity index (χ2v) is 12.5. The normalized spacial score (nSPS) is 15.3. The van der Waals surface area contributed by atoms with Crippen LogP contribution in [-0.4, -0.2) is 36.7 Å². The van der Waals surface area contributed by atoms with Crippen LogP contribution in [0.25, 0.3) is 10.2 Å². The molecule has 1 aromatic heterocycles. The van der Waals surface area contributed by atoms with E-state index in [-0.39, 0.29) is 29.8 Å². The van der Waals surface area contributed by atoms with Crippen molar-refractivity contribution in [3.63, 3.8) is 0 Å². The zero-order valence-corrected chi connectivity index (χ0v) is 22.4. The first kappa shape index (κ1) is 25.0. The number of carbonyl (C=O) groups excluding carboxylic acids is 1. The van der Waals surface area contributed by atoms with Crippen molar-refractivity contribution in [2.24, 2.45) is 5.92 Å². The third-order valence-corrected chi connectivity index (χ3v) is 9.72. The van der Waals surface area contributed by atoms with Gasteiger partial charge in [-0.3, -0.25) is 9.69 Å². The molecular weight excluding hydrogens is 565 g/mol. The van der Waals surface area contributed by atoms with Crippen molar-refractivity contribution in [2.75, 3.05) is 18.0 Å². The molecule has 0 atom stereocenters. The van der Waals surface area contributed by atoms with E-state index in [0.29, 0.717) is 24.5 Å². The fourth-order valence-electron chi connectivity index (χ4n) is 4.33. The minimum Gasteiger partial charge on any atom is -0.283 e. The molecular formula is C26H23BrFN3O3S2. The first-order valence-corrected chi connectivity index (χ1v) is 14.5. The summed E-state index contributed by atoms with van der Waals surface area (Å²) >= 11 is 4.95. The number of aromatic nitrogens is 1. The molecule has 2 heterocycles. The number of anilines is 1. The number of sulfonamides is 1. The number of hydrogen-bond donors (Lipinski definition) is 0. The third-order valence-electron chi connectivity index (χ3n) is 6.27. The van der Waals surface area contributed by atoms with Gasteiger partial charge in [-0.25, -0.2) is 17.8 Å². The van der Waals surface area contributed by atoms with E-state index in [0.717, 1.165) is 32.4 Å². The number of nitrogens with zero attached hydrogens (tertiary/aromatic N) is 3. The molecule has 0 aliphatic carbocycles. The average Bonchev–Trinajstić information content (AvgIpc) is 3.31. The van der Waals surface area contributed by atoms with Crippen molar-refractivity contribution in [1.82, 2.24) is 9.29 Å². The van der Waals surface area contributed by atoms with E-state index in [4.69, 9.17) is 4.98 Å². The van der Waals surface area contributed by atoms with Crippen molar-refractivity contribution >= 4 is 58.5 Å². The minimum absolute atomic E-state index is 0.0556. The largest absolute Gasteiger partial charge is 0.283 e. The van der Waals surface area contributed by atoms with Crippen molar-refractivity contribution in [1.29, 1.82) is 0 Å². The molecule has 0 radical (unpaired) electrons. The van der Waals surface area contributed by atoms with Gasteiger partial charge in [0.2, 0.25) is 15.9 Å². The summed E-state index contributed by atoms with van der Waals surface area (Å²) in [5.74, 6) is -0.873. The van der Waals surface area contributed by atoms with E-state index in [1.165, 1.54) is 27.8 Å². The molecule has 1 saturated heterocycles. The Morgan fingerprint density at radius 3 is 2.44 bits per heavy atom. The Hall–Kier alpha value is -2.66. The quantitative estimate of drug-likeness (QED) is 0.284. The highest BCUT2D eigenvalue weighted by atomic mass is 79.9. The molecule has 5 rings (SSSR count). The Bertz CT molecular complexity index is 1490. The highest BCUT2D eigenvalue weighted by Gasteiger charge is 2.35. The van der Waals surface area contributed by atoms with Crippen molar-refractivity contribution < 1.29 is 17.6 Å². The van der Waals surface area contributed by atoms with Crippen LogP contribution in [0.5, 0.6) is 0 Å². The Labute approximate surface area is 221 Å². The fraction of sp³-hybridized carbons (Fsp3) is 0.231. The van der Waals surface area contributed by atoms with Crippen molar-refractivity contribution in [3.05, 3.63) is 88.6 Å². The van der Waals surface area contributed by atoms with Crippen LogP contribution in [-0.2, 0) is 21.4 Å². The fourth-order valence-corrected chi connectivity index (χ4v) is 7.32. The van der Waals surface area contributed by atoms with Crippen LogP contribution in [0.4, 0.5) is 9.52 Å². The molecule has 0 spiro atoms. The van der Waals surface area contributed by atoms with Gasteiger partial charge in [0, 0.05) is 23.5 Å². The predicted octanol–water partition coefficient (Wildman–Crippen LogP) is 5.83. The van der Waals surface area contributed by atoms with Crippen molar-refractivity contribution in [2.45, 2.75) is 24.3 Å². The van der Waals surface area contributed by atoms with Gasteiger partial charge in [-0.1, -0.05) is 57.6 Å². The zero-order chi connectivity index (χ0) is 25.3. The van der Waals surface area contributed by atoms with E-state index in [1.54, 1.807) is 4.90 Å². The number of rotatable bonds is 6. The number of carbonyl (C=O) groups is 1. The number of piperidine rings is 1. The average molecular weight is 589 g/mol. The molecule has 1 aliphatic heterocycles. The molecule has 36 heavy (non-hydrogen) atoms. The van der Waals surface area contributed by atoms with Gasteiger partial charge < -0.3 is 0 Å². The van der Waals surface area contributed by atoms with Gasteiger partial charge in [-0.2, -0.15) is 4.31 Å². The summed E-state index contributed by atoms with van der Waals surface area (Å²) in [5, 5.41) is 0.623. The lowest BCUT2D eigenvalue weighted by Crippen LogP contribution is -2.44. The number of benzene rings is 3. The van der Waals surface area contributed by atoms with Gasteiger partial charge in [-0.05, 0) is 60.9 Å². The number of amides is 1.